The van der Waals surface area contributed by atoms with E-state index in [2.05, 4.69) is 11.6 Å². The van der Waals surface area contributed by atoms with E-state index in [4.69, 9.17) is 5.73 Å². The zero-order valence-electron chi connectivity index (χ0n) is 4.75. The van der Waals surface area contributed by atoms with Gasteiger partial charge in [0.1, 0.15) is 0 Å². The molecule has 0 saturated carbocycles. The fourth-order valence-corrected chi connectivity index (χ4v) is 0.232. The van der Waals surface area contributed by atoms with E-state index < -0.39 is 0 Å². The molecule has 0 saturated heterocycles. The molecule has 2 heteroatoms. The smallest absolute Gasteiger partial charge is 0.0261 e. The molecule has 44 valence electrons. The summed E-state index contributed by atoms with van der Waals surface area (Å²) in [4.78, 5) is 3.78. The summed E-state index contributed by atoms with van der Waals surface area (Å²) in [5.41, 5.74) is 5.12. The number of hydrogen-bond acceptors (Lipinski definition) is 2. The Morgan fingerprint density at radius 2 is 2.38 bits per heavy atom. The van der Waals surface area contributed by atoms with Crippen LogP contribution < -0.4 is 5.73 Å². The number of nitrogens with zero attached hydrogens (tertiary/aromatic N) is 1. The van der Waals surface area contributed by atoms with Crippen molar-refractivity contribution >= 4 is 6.21 Å². The normalized spacial score (nSPS) is 11.1. The van der Waals surface area contributed by atoms with Crippen LogP contribution in [-0.4, -0.2) is 12.8 Å². The monoisotopic (exact) mass is 110 g/mol. The maximum Gasteiger partial charge on any atom is 0.0261 e. The quantitative estimate of drug-likeness (QED) is 0.534. The largest absolute Gasteiger partial charge is 0.327 e. The summed E-state index contributed by atoms with van der Waals surface area (Å²) >= 11 is 0. The predicted octanol–water partition coefficient (Wildman–Crippen LogP) is 0.716. The van der Waals surface area contributed by atoms with Gasteiger partial charge in [0.05, 0.1) is 0 Å². The zero-order valence-corrected chi connectivity index (χ0v) is 4.75. The molecule has 0 rings (SSSR count). The standard InChI is InChI=1S/C6H10N2/c1-2-5-8-6-3-4-7/h2-3,5-6H,1,4,7H2/b6-3-,8-5-. The van der Waals surface area contributed by atoms with E-state index in [0.717, 1.165) is 0 Å². The summed E-state index contributed by atoms with van der Waals surface area (Å²) < 4.78 is 0. The van der Waals surface area contributed by atoms with Crippen LogP contribution in [0.5, 0.6) is 0 Å². The number of nitrogens with two attached hydrogens (primary N) is 1. The Morgan fingerprint density at radius 3 is 2.88 bits per heavy atom. The summed E-state index contributed by atoms with van der Waals surface area (Å²) in [7, 11) is 0. The van der Waals surface area contributed by atoms with Crippen molar-refractivity contribution in [2.24, 2.45) is 10.7 Å². The molecule has 0 fully saturated rings. The lowest BCUT2D eigenvalue weighted by Crippen LogP contribution is -1.91. The molecule has 0 radical (unpaired) electrons. The van der Waals surface area contributed by atoms with Crippen LogP contribution >= 0.6 is 0 Å². The minimum atomic E-state index is 0.536. The lowest BCUT2D eigenvalue weighted by molar-refractivity contribution is 1.24. The van der Waals surface area contributed by atoms with Crippen molar-refractivity contribution < 1.29 is 0 Å². The number of rotatable bonds is 3. The van der Waals surface area contributed by atoms with Crippen molar-refractivity contribution in [2.75, 3.05) is 6.54 Å². The summed E-state index contributed by atoms with van der Waals surface area (Å²) in [6.45, 7) is 3.98. The van der Waals surface area contributed by atoms with Gasteiger partial charge in [-0.3, -0.25) is 4.99 Å². The Hall–Kier alpha value is -0.890. The highest BCUT2D eigenvalue weighted by Gasteiger charge is 1.58. The molecule has 0 aliphatic heterocycles. The maximum absolute atomic E-state index is 5.12. The van der Waals surface area contributed by atoms with Gasteiger partial charge >= 0.3 is 0 Å². The summed E-state index contributed by atoms with van der Waals surface area (Å²) in [6, 6.07) is 0. The minimum absolute atomic E-state index is 0.536. The highest BCUT2D eigenvalue weighted by atomic mass is 14.7. The second-order valence-corrected chi connectivity index (χ2v) is 1.15. The van der Waals surface area contributed by atoms with Gasteiger partial charge in [-0.15, -0.1) is 0 Å². The maximum atomic E-state index is 5.12. The van der Waals surface area contributed by atoms with Crippen molar-refractivity contribution in [1.82, 2.24) is 0 Å². The molecule has 0 spiro atoms. The molecule has 0 heterocycles. The molecule has 0 unspecified atom stereocenters. The van der Waals surface area contributed by atoms with E-state index in [-0.39, 0.29) is 0 Å². The molecule has 0 amide bonds. The van der Waals surface area contributed by atoms with Crippen LogP contribution in [0.15, 0.2) is 29.9 Å². The van der Waals surface area contributed by atoms with Crippen molar-refractivity contribution in [1.29, 1.82) is 0 Å². The van der Waals surface area contributed by atoms with Crippen molar-refractivity contribution in [3.8, 4) is 0 Å². The average Bonchev–Trinajstić information content (AvgIpc) is 1.81. The highest BCUT2D eigenvalue weighted by molar-refractivity contribution is 5.70. The third-order valence-corrected chi connectivity index (χ3v) is 0.519. The van der Waals surface area contributed by atoms with Crippen molar-refractivity contribution in [2.45, 2.75) is 0 Å². The molecule has 0 bridgehead atoms. The van der Waals surface area contributed by atoms with E-state index in [9.17, 15) is 0 Å². The SMILES string of the molecule is C=C/C=N\C=C/CN. The van der Waals surface area contributed by atoms with Crippen LogP contribution in [0.3, 0.4) is 0 Å². The van der Waals surface area contributed by atoms with Crippen LogP contribution in [-0.2, 0) is 0 Å². The number of hydrogen-bond donors (Lipinski definition) is 1. The third kappa shape index (κ3) is 5.11. The van der Waals surface area contributed by atoms with E-state index in [1.165, 1.54) is 0 Å². The first kappa shape index (κ1) is 7.11. The summed E-state index contributed by atoms with van der Waals surface area (Å²) in [6.07, 6.45) is 6.62. The molecule has 8 heavy (non-hydrogen) atoms. The molecule has 2 nitrogen and oxygen atoms in total. The zero-order chi connectivity index (χ0) is 6.24. The lowest BCUT2D eigenvalue weighted by Gasteiger charge is -1.72. The summed E-state index contributed by atoms with van der Waals surface area (Å²) in [5.74, 6) is 0. The number of allylic oxidation sites excluding steroid dienone is 1. The van der Waals surface area contributed by atoms with Crippen LogP contribution in [0.25, 0.3) is 0 Å². The van der Waals surface area contributed by atoms with Crippen LogP contribution in [0.4, 0.5) is 0 Å². The molecular weight excluding hydrogens is 100 g/mol. The first-order valence-corrected chi connectivity index (χ1v) is 2.41. The predicted molar refractivity (Wildman–Crippen MR) is 36.9 cm³/mol. The fraction of sp³-hybridized carbons (Fsp3) is 0.167. The molecular formula is C6H10N2. The molecule has 2 N–H and O–H groups in total. The molecule has 0 aliphatic carbocycles. The first-order chi connectivity index (χ1) is 3.91. The van der Waals surface area contributed by atoms with E-state index in [0.29, 0.717) is 6.54 Å². The average molecular weight is 110 g/mol. The van der Waals surface area contributed by atoms with Crippen LogP contribution in [0, 0.1) is 0 Å². The molecule has 0 aromatic heterocycles. The summed E-state index contributed by atoms with van der Waals surface area (Å²) in [5, 5.41) is 0. The van der Waals surface area contributed by atoms with Crippen LogP contribution in [0.1, 0.15) is 0 Å². The second-order valence-electron chi connectivity index (χ2n) is 1.15. The van der Waals surface area contributed by atoms with E-state index >= 15 is 0 Å². The van der Waals surface area contributed by atoms with Gasteiger partial charge in [-0.25, -0.2) is 0 Å². The highest BCUT2D eigenvalue weighted by Crippen LogP contribution is 1.69. The molecule has 0 aromatic rings. The van der Waals surface area contributed by atoms with E-state index in [1.807, 2.05) is 0 Å². The molecule has 0 aromatic carbocycles. The van der Waals surface area contributed by atoms with Gasteiger partial charge in [-0.2, -0.15) is 0 Å². The Morgan fingerprint density at radius 1 is 1.62 bits per heavy atom. The van der Waals surface area contributed by atoms with E-state index in [1.54, 1.807) is 24.6 Å². The van der Waals surface area contributed by atoms with Gasteiger partial charge in [-0.05, 0) is 0 Å². The number of aliphatic imine (C=N–C) groups is 1. The fourth-order valence-electron chi connectivity index (χ4n) is 0.232. The molecule has 0 atom stereocenters. The first-order valence-electron chi connectivity index (χ1n) is 2.41. The Labute approximate surface area is 49.4 Å². The van der Waals surface area contributed by atoms with Gasteiger partial charge in [0.15, 0.2) is 0 Å². The van der Waals surface area contributed by atoms with Gasteiger partial charge < -0.3 is 5.73 Å². The van der Waals surface area contributed by atoms with Gasteiger partial charge in [0, 0.05) is 19.0 Å². The Balaban J connectivity index is 3.26. The second kappa shape index (κ2) is 6.11. The Kier molecular flexibility index (Phi) is 5.43. The third-order valence-electron chi connectivity index (χ3n) is 0.519. The Bertz CT molecular complexity index is 103. The van der Waals surface area contributed by atoms with Gasteiger partial charge in [-0.1, -0.05) is 18.7 Å². The van der Waals surface area contributed by atoms with Gasteiger partial charge in [0.2, 0.25) is 0 Å². The lowest BCUT2D eigenvalue weighted by atomic mass is 10.6. The van der Waals surface area contributed by atoms with Gasteiger partial charge in [0.25, 0.3) is 0 Å². The molecule has 0 aliphatic rings. The van der Waals surface area contributed by atoms with Crippen molar-refractivity contribution in [3.05, 3.63) is 24.9 Å². The minimum Gasteiger partial charge on any atom is -0.327 e. The van der Waals surface area contributed by atoms with Crippen LogP contribution in [0.2, 0.25) is 0 Å². The topological polar surface area (TPSA) is 38.4 Å². The van der Waals surface area contributed by atoms with Crippen molar-refractivity contribution in [3.63, 3.8) is 0 Å².